The van der Waals surface area contributed by atoms with Gasteiger partial charge in [-0.05, 0) is 65.2 Å². The molecule has 0 radical (unpaired) electrons. The monoisotopic (exact) mass is 607 g/mol. The predicted octanol–water partition coefficient (Wildman–Crippen LogP) is 11.2. The van der Waals surface area contributed by atoms with Gasteiger partial charge in [-0.25, -0.2) is 9.97 Å². The summed E-state index contributed by atoms with van der Waals surface area (Å²) in [5.74, 6) is 0.999. The van der Waals surface area contributed by atoms with Crippen molar-refractivity contribution in [2.75, 3.05) is 4.90 Å². The molecule has 0 fully saturated rings. The number of benzene rings is 6. The van der Waals surface area contributed by atoms with E-state index in [1.54, 1.807) is 0 Å². The average Bonchev–Trinajstić information content (AvgIpc) is 3.47. The van der Waals surface area contributed by atoms with Gasteiger partial charge in [0.2, 0.25) is 0 Å². The van der Waals surface area contributed by atoms with E-state index in [0.717, 1.165) is 33.8 Å². The number of hydrogen-bond donors (Lipinski definition) is 0. The second kappa shape index (κ2) is 11.2. The summed E-state index contributed by atoms with van der Waals surface area (Å²) in [7, 11) is 0. The molecule has 3 nitrogen and oxygen atoms in total. The molecule has 0 saturated carbocycles. The lowest BCUT2D eigenvalue weighted by Crippen LogP contribution is -2.12. The number of rotatable bonds is 4. The standard InChI is InChI=1S/C42H29N3S/c1-3-13-28(14-4-1)35-27-36(29-15-5-2-6-16-29)44-42(43-35)30-23-25-31(26-24-30)45-37-20-10-7-17-32(37)40-34-19-9-12-22-39(34)46-41(40)33-18-8-11-21-38(33)45/h1-27,40-41H. The molecule has 3 heterocycles. The first-order valence-corrected chi connectivity index (χ1v) is 16.5. The van der Waals surface area contributed by atoms with Crippen LogP contribution in [0.5, 0.6) is 0 Å². The van der Waals surface area contributed by atoms with Crippen molar-refractivity contribution in [2.24, 2.45) is 0 Å². The van der Waals surface area contributed by atoms with Crippen LogP contribution >= 0.6 is 11.8 Å². The van der Waals surface area contributed by atoms with E-state index < -0.39 is 0 Å². The Morgan fingerprint density at radius 2 is 0.978 bits per heavy atom. The number of para-hydroxylation sites is 2. The molecule has 0 N–H and O–H groups in total. The Labute approximate surface area is 273 Å². The minimum Gasteiger partial charge on any atom is -0.310 e. The topological polar surface area (TPSA) is 29.0 Å². The van der Waals surface area contributed by atoms with E-state index >= 15 is 0 Å². The highest BCUT2D eigenvalue weighted by molar-refractivity contribution is 8.00. The van der Waals surface area contributed by atoms with Crippen LogP contribution in [0.25, 0.3) is 33.9 Å². The first-order chi connectivity index (χ1) is 22.8. The molecule has 6 aromatic carbocycles. The molecule has 1 aromatic heterocycles. The number of thioether (sulfide) groups is 1. The fourth-order valence-electron chi connectivity index (χ4n) is 6.93. The zero-order valence-corrected chi connectivity index (χ0v) is 25.8. The lowest BCUT2D eigenvalue weighted by molar-refractivity contribution is 0.808. The van der Waals surface area contributed by atoms with E-state index in [4.69, 9.17) is 9.97 Å². The number of fused-ring (bicyclic) bond motifs is 7. The van der Waals surface area contributed by atoms with Crippen LogP contribution in [0.3, 0.4) is 0 Å². The molecule has 2 unspecified atom stereocenters. The molecule has 218 valence electrons. The third kappa shape index (κ3) is 4.53. The van der Waals surface area contributed by atoms with Crippen LogP contribution < -0.4 is 4.90 Å². The second-order valence-corrected chi connectivity index (χ2v) is 12.9. The molecule has 9 rings (SSSR count). The normalized spacial score (nSPS) is 16.1. The zero-order valence-electron chi connectivity index (χ0n) is 25.0. The van der Waals surface area contributed by atoms with Crippen molar-refractivity contribution in [3.05, 3.63) is 180 Å². The molecule has 2 aliphatic heterocycles. The third-order valence-corrected chi connectivity index (χ3v) is 10.5. The SMILES string of the molecule is c1ccc(-c2cc(-c3ccccc3)nc(-c3ccc(N4c5ccccc5C5Sc6ccccc6C5c5ccccc54)cc3)n2)cc1. The molecule has 7 aromatic rings. The largest absolute Gasteiger partial charge is 0.310 e. The summed E-state index contributed by atoms with van der Waals surface area (Å²) in [6.45, 7) is 0. The van der Waals surface area contributed by atoms with E-state index in [1.165, 1.54) is 33.0 Å². The molecule has 2 atom stereocenters. The Kier molecular flexibility index (Phi) is 6.53. The van der Waals surface area contributed by atoms with Crippen LogP contribution in [0.2, 0.25) is 0 Å². The molecule has 0 bridgehead atoms. The summed E-state index contributed by atoms with van der Waals surface area (Å²) in [6.07, 6.45) is 0. The van der Waals surface area contributed by atoms with Crippen LogP contribution in [0, 0.1) is 0 Å². The smallest absolute Gasteiger partial charge is 0.160 e. The number of nitrogens with zero attached hydrogens (tertiary/aromatic N) is 3. The molecule has 0 aliphatic carbocycles. The summed E-state index contributed by atoms with van der Waals surface area (Å²) >= 11 is 1.99. The fourth-order valence-corrected chi connectivity index (χ4v) is 8.45. The quantitative estimate of drug-likeness (QED) is 0.199. The lowest BCUT2D eigenvalue weighted by atomic mass is 9.86. The lowest BCUT2D eigenvalue weighted by Gasteiger charge is -2.28. The van der Waals surface area contributed by atoms with Crippen LogP contribution in [-0.4, -0.2) is 9.97 Å². The second-order valence-electron chi connectivity index (χ2n) is 11.7. The molecular formula is C42H29N3S. The van der Waals surface area contributed by atoms with Crippen molar-refractivity contribution in [3.63, 3.8) is 0 Å². The highest BCUT2D eigenvalue weighted by Gasteiger charge is 2.41. The predicted molar refractivity (Wildman–Crippen MR) is 190 cm³/mol. The maximum Gasteiger partial charge on any atom is 0.160 e. The summed E-state index contributed by atoms with van der Waals surface area (Å²) in [5.41, 5.74) is 12.6. The molecule has 0 saturated heterocycles. The first-order valence-electron chi connectivity index (χ1n) is 15.7. The van der Waals surface area contributed by atoms with Gasteiger partial charge in [0.15, 0.2) is 5.82 Å². The highest BCUT2D eigenvalue weighted by atomic mass is 32.2. The van der Waals surface area contributed by atoms with Crippen molar-refractivity contribution in [1.82, 2.24) is 9.97 Å². The van der Waals surface area contributed by atoms with E-state index in [-0.39, 0.29) is 5.92 Å². The average molecular weight is 608 g/mol. The highest BCUT2D eigenvalue weighted by Crippen LogP contribution is 2.62. The number of aromatic nitrogens is 2. The van der Waals surface area contributed by atoms with Gasteiger partial charge < -0.3 is 4.90 Å². The minimum atomic E-state index is 0.286. The van der Waals surface area contributed by atoms with Crippen molar-refractivity contribution in [2.45, 2.75) is 16.1 Å². The summed E-state index contributed by atoms with van der Waals surface area (Å²) in [5, 5.41) is 0.310. The van der Waals surface area contributed by atoms with Crippen molar-refractivity contribution >= 4 is 28.8 Å². The van der Waals surface area contributed by atoms with Gasteiger partial charge in [-0.1, -0.05) is 115 Å². The van der Waals surface area contributed by atoms with E-state index in [0.29, 0.717) is 11.1 Å². The maximum absolute atomic E-state index is 5.06. The number of hydrogen-bond acceptors (Lipinski definition) is 4. The van der Waals surface area contributed by atoms with Crippen LogP contribution in [0.15, 0.2) is 169 Å². The van der Waals surface area contributed by atoms with Gasteiger partial charge in [-0.3, -0.25) is 0 Å². The Bertz CT molecular complexity index is 2140. The molecule has 0 spiro atoms. The van der Waals surface area contributed by atoms with E-state index in [1.807, 2.05) is 23.9 Å². The van der Waals surface area contributed by atoms with Gasteiger partial charge in [0, 0.05) is 38.4 Å². The summed E-state index contributed by atoms with van der Waals surface area (Å²) in [6, 6.07) is 58.3. The Morgan fingerprint density at radius 1 is 0.457 bits per heavy atom. The van der Waals surface area contributed by atoms with Gasteiger partial charge >= 0.3 is 0 Å². The molecule has 0 amide bonds. The van der Waals surface area contributed by atoms with Gasteiger partial charge in [0.05, 0.1) is 22.8 Å². The maximum atomic E-state index is 5.06. The summed E-state index contributed by atoms with van der Waals surface area (Å²) in [4.78, 5) is 13.9. The van der Waals surface area contributed by atoms with E-state index in [9.17, 15) is 0 Å². The Hall–Kier alpha value is -5.45. The molecular weight excluding hydrogens is 579 g/mol. The zero-order chi connectivity index (χ0) is 30.5. The third-order valence-electron chi connectivity index (χ3n) is 9.06. The van der Waals surface area contributed by atoms with Crippen LogP contribution in [0.4, 0.5) is 17.1 Å². The van der Waals surface area contributed by atoms with Gasteiger partial charge in [0.1, 0.15) is 0 Å². The number of anilines is 3. The Morgan fingerprint density at radius 3 is 1.63 bits per heavy atom. The van der Waals surface area contributed by atoms with Gasteiger partial charge in [-0.15, -0.1) is 11.8 Å². The van der Waals surface area contributed by atoms with Crippen molar-refractivity contribution in [3.8, 4) is 33.9 Å². The van der Waals surface area contributed by atoms with Gasteiger partial charge in [-0.2, -0.15) is 0 Å². The summed E-state index contributed by atoms with van der Waals surface area (Å²) < 4.78 is 0. The van der Waals surface area contributed by atoms with Crippen molar-refractivity contribution in [1.29, 1.82) is 0 Å². The Balaban J connectivity index is 1.17. The molecule has 2 aliphatic rings. The fraction of sp³-hybridized carbons (Fsp3) is 0.0476. The van der Waals surface area contributed by atoms with Crippen LogP contribution in [-0.2, 0) is 0 Å². The molecule has 4 heteroatoms. The van der Waals surface area contributed by atoms with Crippen molar-refractivity contribution < 1.29 is 0 Å². The van der Waals surface area contributed by atoms with Crippen LogP contribution in [0.1, 0.15) is 27.9 Å². The van der Waals surface area contributed by atoms with E-state index in [2.05, 4.69) is 157 Å². The first kappa shape index (κ1) is 26.9. The minimum absolute atomic E-state index is 0.286. The van der Waals surface area contributed by atoms with Gasteiger partial charge in [0.25, 0.3) is 0 Å². The molecule has 46 heavy (non-hydrogen) atoms.